The van der Waals surface area contributed by atoms with Crippen molar-refractivity contribution >= 4 is 45.2 Å². The van der Waals surface area contributed by atoms with Crippen LogP contribution in [0.25, 0.3) is 6.08 Å². The number of carbonyl (C=O) groups excluding carboxylic acids is 2. The summed E-state index contributed by atoms with van der Waals surface area (Å²) in [6.07, 6.45) is 2.62. The first-order valence-electron chi connectivity index (χ1n) is 7.02. The summed E-state index contributed by atoms with van der Waals surface area (Å²) in [5, 5.41) is 5.30. The van der Waals surface area contributed by atoms with Crippen molar-refractivity contribution in [2.45, 2.75) is 0 Å². The molecule has 1 heterocycles. The van der Waals surface area contributed by atoms with Crippen molar-refractivity contribution in [2.75, 3.05) is 17.2 Å². The molecule has 0 fully saturated rings. The third-order valence-corrected chi connectivity index (χ3v) is 3.75. The van der Waals surface area contributed by atoms with E-state index >= 15 is 0 Å². The molecule has 122 valence electrons. The lowest BCUT2D eigenvalue weighted by Gasteiger charge is -2.18. The van der Waals surface area contributed by atoms with Gasteiger partial charge in [-0.2, -0.15) is 0 Å². The van der Waals surface area contributed by atoms with E-state index in [4.69, 9.17) is 4.74 Å². The molecule has 0 aliphatic carbocycles. The van der Waals surface area contributed by atoms with E-state index in [1.807, 2.05) is 0 Å². The summed E-state index contributed by atoms with van der Waals surface area (Å²) in [5.41, 5.74) is 1.28. The van der Waals surface area contributed by atoms with Crippen LogP contribution in [0, 0.1) is 5.82 Å². The highest BCUT2D eigenvalue weighted by molar-refractivity contribution is 9.10. The average molecular weight is 391 g/mol. The number of benzene rings is 2. The van der Waals surface area contributed by atoms with Crippen LogP contribution in [-0.4, -0.2) is 18.4 Å². The molecule has 7 heteroatoms. The van der Waals surface area contributed by atoms with Gasteiger partial charge in [0.1, 0.15) is 11.6 Å². The molecule has 0 unspecified atom stereocenters. The Morgan fingerprint density at radius 3 is 2.96 bits per heavy atom. The summed E-state index contributed by atoms with van der Waals surface area (Å²) in [4.78, 5) is 23.3. The average Bonchev–Trinajstić information content (AvgIpc) is 2.55. The molecular formula is C17H12BrFN2O3. The van der Waals surface area contributed by atoms with E-state index in [0.717, 1.165) is 4.47 Å². The molecule has 2 N–H and O–H groups in total. The van der Waals surface area contributed by atoms with E-state index in [1.165, 1.54) is 18.2 Å². The Bertz CT molecular complexity index is 852. The molecule has 1 aliphatic heterocycles. The molecule has 2 amide bonds. The van der Waals surface area contributed by atoms with Crippen LogP contribution in [0.15, 0.2) is 46.9 Å². The van der Waals surface area contributed by atoms with E-state index in [1.54, 1.807) is 30.3 Å². The lowest BCUT2D eigenvalue weighted by Crippen LogP contribution is -2.25. The number of halogens is 2. The highest BCUT2D eigenvalue weighted by atomic mass is 79.9. The van der Waals surface area contributed by atoms with Crippen LogP contribution in [0.5, 0.6) is 5.75 Å². The van der Waals surface area contributed by atoms with Crippen molar-refractivity contribution in [3.05, 3.63) is 58.3 Å². The summed E-state index contributed by atoms with van der Waals surface area (Å²) in [6, 6.07) is 9.37. The molecular weight excluding hydrogens is 379 g/mol. The largest absolute Gasteiger partial charge is 0.482 e. The quantitative estimate of drug-likeness (QED) is 0.787. The molecule has 0 saturated carbocycles. The summed E-state index contributed by atoms with van der Waals surface area (Å²) < 4.78 is 19.6. The third kappa shape index (κ3) is 3.80. The van der Waals surface area contributed by atoms with Crippen molar-refractivity contribution in [1.29, 1.82) is 0 Å². The van der Waals surface area contributed by atoms with Crippen LogP contribution in [0.3, 0.4) is 0 Å². The van der Waals surface area contributed by atoms with Crippen LogP contribution >= 0.6 is 15.9 Å². The van der Waals surface area contributed by atoms with Gasteiger partial charge in [0.25, 0.3) is 5.91 Å². The van der Waals surface area contributed by atoms with Crippen molar-refractivity contribution in [3.63, 3.8) is 0 Å². The van der Waals surface area contributed by atoms with Gasteiger partial charge in [0.2, 0.25) is 5.91 Å². The number of hydrogen-bond donors (Lipinski definition) is 2. The summed E-state index contributed by atoms with van der Waals surface area (Å²) in [7, 11) is 0. The number of ether oxygens (including phenoxy) is 1. The second-order valence-electron chi connectivity index (χ2n) is 5.04. The van der Waals surface area contributed by atoms with E-state index < -0.39 is 11.7 Å². The zero-order chi connectivity index (χ0) is 17.1. The third-order valence-electron chi connectivity index (χ3n) is 3.25. The highest BCUT2D eigenvalue weighted by Crippen LogP contribution is 2.30. The summed E-state index contributed by atoms with van der Waals surface area (Å²) in [6.45, 7) is -0.0281. The number of amides is 2. The Morgan fingerprint density at radius 2 is 2.12 bits per heavy atom. The molecule has 0 spiro atoms. The Balaban J connectivity index is 1.71. The Hall–Kier alpha value is -2.67. The molecule has 5 nitrogen and oxygen atoms in total. The lowest BCUT2D eigenvalue weighted by atomic mass is 10.2. The maximum absolute atomic E-state index is 13.6. The maximum atomic E-state index is 13.6. The fourth-order valence-electron chi connectivity index (χ4n) is 2.15. The minimum atomic E-state index is -0.420. The first kappa shape index (κ1) is 16.2. The SMILES string of the molecule is O=C(/C=C/c1cc(Br)ccc1F)Nc1ccc2c(c1)NC(=O)CO2. The number of carbonyl (C=O) groups is 2. The fraction of sp³-hybridized carbons (Fsp3) is 0.0588. The van der Waals surface area contributed by atoms with Gasteiger partial charge in [-0.1, -0.05) is 15.9 Å². The van der Waals surface area contributed by atoms with Crippen molar-refractivity contribution < 1.29 is 18.7 Å². The Morgan fingerprint density at radius 1 is 1.29 bits per heavy atom. The standard InChI is InChI=1S/C17H12BrFN2O3/c18-11-2-4-13(19)10(7-11)1-6-16(22)20-12-3-5-15-14(8-12)21-17(23)9-24-15/h1-8H,9H2,(H,20,22)(H,21,23)/b6-1+. The molecule has 0 bridgehead atoms. The van der Waals surface area contributed by atoms with Gasteiger partial charge in [0.05, 0.1) is 5.69 Å². The predicted molar refractivity (Wildman–Crippen MR) is 92.3 cm³/mol. The predicted octanol–water partition coefficient (Wildman–Crippen LogP) is 3.57. The second-order valence-corrected chi connectivity index (χ2v) is 5.95. The summed E-state index contributed by atoms with van der Waals surface area (Å²) in [5.74, 6) is -0.552. The number of rotatable bonds is 3. The Kier molecular flexibility index (Phi) is 4.61. The normalized spacial score (nSPS) is 13.2. The van der Waals surface area contributed by atoms with E-state index in [2.05, 4.69) is 26.6 Å². The molecule has 2 aromatic carbocycles. The molecule has 3 rings (SSSR count). The van der Waals surface area contributed by atoms with Gasteiger partial charge in [-0.05, 0) is 42.5 Å². The number of hydrogen-bond acceptors (Lipinski definition) is 3. The van der Waals surface area contributed by atoms with Crippen molar-refractivity contribution in [2.24, 2.45) is 0 Å². The molecule has 0 radical (unpaired) electrons. The van der Waals surface area contributed by atoms with Gasteiger partial charge in [0, 0.05) is 21.8 Å². The highest BCUT2D eigenvalue weighted by Gasteiger charge is 2.16. The van der Waals surface area contributed by atoms with Crippen LogP contribution < -0.4 is 15.4 Å². The number of fused-ring (bicyclic) bond motifs is 1. The molecule has 1 aliphatic rings. The monoisotopic (exact) mass is 390 g/mol. The molecule has 0 atom stereocenters. The van der Waals surface area contributed by atoms with Crippen LogP contribution in [0.1, 0.15) is 5.56 Å². The number of anilines is 2. The van der Waals surface area contributed by atoms with Gasteiger partial charge in [-0.25, -0.2) is 4.39 Å². The lowest BCUT2D eigenvalue weighted by molar-refractivity contribution is -0.118. The van der Waals surface area contributed by atoms with Crippen LogP contribution in [-0.2, 0) is 9.59 Å². The topological polar surface area (TPSA) is 67.4 Å². The minimum Gasteiger partial charge on any atom is -0.482 e. The van der Waals surface area contributed by atoms with Gasteiger partial charge in [-0.3, -0.25) is 9.59 Å². The van der Waals surface area contributed by atoms with E-state index in [0.29, 0.717) is 22.7 Å². The van der Waals surface area contributed by atoms with Gasteiger partial charge >= 0.3 is 0 Å². The fourth-order valence-corrected chi connectivity index (χ4v) is 2.53. The smallest absolute Gasteiger partial charge is 0.262 e. The van der Waals surface area contributed by atoms with Gasteiger partial charge in [0.15, 0.2) is 6.61 Å². The molecule has 2 aromatic rings. The van der Waals surface area contributed by atoms with Crippen molar-refractivity contribution in [3.8, 4) is 5.75 Å². The van der Waals surface area contributed by atoms with Crippen LogP contribution in [0.2, 0.25) is 0 Å². The Labute approximate surface area is 145 Å². The van der Waals surface area contributed by atoms with Gasteiger partial charge < -0.3 is 15.4 Å². The zero-order valence-corrected chi connectivity index (χ0v) is 13.9. The molecule has 24 heavy (non-hydrogen) atoms. The van der Waals surface area contributed by atoms with E-state index in [9.17, 15) is 14.0 Å². The zero-order valence-electron chi connectivity index (χ0n) is 12.3. The van der Waals surface area contributed by atoms with Crippen LogP contribution in [0.4, 0.5) is 15.8 Å². The first-order valence-corrected chi connectivity index (χ1v) is 7.81. The maximum Gasteiger partial charge on any atom is 0.262 e. The van der Waals surface area contributed by atoms with Gasteiger partial charge in [-0.15, -0.1) is 0 Å². The number of nitrogens with one attached hydrogen (secondary N) is 2. The van der Waals surface area contributed by atoms with E-state index in [-0.39, 0.29) is 12.5 Å². The molecule has 0 aromatic heterocycles. The first-order chi connectivity index (χ1) is 11.5. The minimum absolute atomic E-state index is 0.0281. The summed E-state index contributed by atoms with van der Waals surface area (Å²) >= 11 is 3.25. The second kappa shape index (κ2) is 6.84. The van der Waals surface area contributed by atoms with Crippen molar-refractivity contribution in [1.82, 2.24) is 0 Å². The molecule has 0 saturated heterocycles.